The summed E-state index contributed by atoms with van der Waals surface area (Å²) in [5.41, 5.74) is 6.08. The van der Waals surface area contributed by atoms with Crippen molar-refractivity contribution in [1.82, 2.24) is 0 Å². The van der Waals surface area contributed by atoms with Crippen LogP contribution in [0.25, 0.3) is 0 Å². The van der Waals surface area contributed by atoms with Crippen LogP contribution in [0.2, 0.25) is 5.02 Å². The molecule has 0 aliphatic carbocycles. The van der Waals surface area contributed by atoms with Gasteiger partial charge >= 0.3 is 5.97 Å². The third-order valence-electron chi connectivity index (χ3n) is 2.54. The van der Waals surface area contributed by atoms with E-state index < -0.39 is 11.8 Å². The number of rotatable bonds is 3. The van der Waals surface area contributed by atoms with Gasteiger partial charge in [-0.3, -0.25) is 0 Å². The summed E-state index contributed by atoms with van der Waals surface area (Å²) in [5.74, 6) is -1.82. The first-order valence-electron chi connectivity index (χ1n) is 5.33. The highest BCUT2D eigenvalue weighted by atomic mass is 35.5. The van der Waals surface area contributed by atoms with Gasteiger partial charge in [-0.15, -0.1) is 0 Å². The van der Waals surface area contributed by atoms with Crippen LogP contribution in [-0.4, -0.2) is 11.1 Å². The van der Waals surface area contributed by atoms with Gasteiger partial charge in [0.15, 0.2) is 5.82 Å². The molecular weight excluding hydrogens is 271 g/mol. The summed E-state index contributed by atoms with van der Waals surface area (Å²) in [6.07, 6.45) is 0. The van der Waals surface area contributed by atoms with E-state index >= 15 is 0 Å². The minimum absolute atomic E-state index is 0.0422. The molecule has 0 fully saturated rings. The highest BCUT2D eigenvalue weighted by Gasteiger charge is 2.15. The van der Waals surface area contributed by atoms with E-state index in [0.717, 1.165) is 0 Å². The fraction of sp³-hybridized carbons (Fsp3) is 0. The summed E-state index contributed by atoms with van der Waals surface area (Å²) < 4.78 is 13.8. The van der Waals surface area contributed by atoms with Crippen molar-refractivity contribution in [3.63, 3.8) is 0 Å². The molecule has 0 aliphatic heterocycles. The van der Waals surface area contributed by atoms with Crippen LogP contribution in [0, 0.1) is 5.82 Å². The molecule has 0 radical (unpaired) electrons. The zero-order chi connectivity index (χ0) is 14.0. The van der Waals surface area contributed by atoms with Crippen molar-refractivity contribution < 1.29 is 14.3 Å². The predicted molar refractivity (Wildman–Crippen MR) is 72.5 cm³/mol. The Labute approximate surface area is 113 Å². The van der Waals surface area contributed by atoms with Gasteiger partial charge in [0.25, 0.3) is 0 Å². The van der Waals surface area contributed by atoms with Crippen molar-refractivity contribution in [3.8, 4) is 0 Å². The predicted octanol–water partition coefficient (Wildman–Crippen LogP) is 3.50. The molecule has 0 bridgehead atoms. The third-order valence-corrected chi connectivity index (χ3v) is 2.83. The lowest BCUT2D eigenvalue weighted by atomic mass is 10.1. The van der Waals surface area contributed by atoms with Crippen molar-refractivity contribution in [1.29, 1.82) is 0 Å². The fourth-order valence-electron chi connectivity index (χ4n) is 1.62. The molecule has 4 N–H and O–H groups in total. The maximum absolute atomic E-state index is 13.8. The third kappa shape index (κ3) is 2.61. The Morgan fingerprint density at radius 1 is 1.26 bits per heavy atom. The molecule has 0 aromatic heterocycles. The van der Waals surface area contributed by atoms with Crippen LogP contribution >= 0.6 is 11.6 Å². The van der Waals surface area contributed by atoms with Crippen LogP contribution in [-0.2, 0) is 0 Å². The lowest BCUT2D eigenvalue weighted by Crippen LogP contribution is -2.06. The SMILES string of the molecule is Nc1cccc(C(=O)O)c1Nc1cccc(Cl)c1F. The molecule has 2 rings (SSSR count). The van der Waals surface area contributed by atoms with Gasteiger partial charge in [-0.2, -0.15) is 0 Å². The van der Waals surface area contributed by atoms with Crippen LogP contribution in [0.5, 0.6) is 0 Å². The Morgan fingerprint density at radius 3 is 2.63 bits per heavy atom. The number of carboxylic acids is 1. The summed E-state index contributed by atoms with van der Waals surface area (Å²) in [5, 5.41) is 11.7. The lowest BCUT2D eigenvalue weighted by Gasteiger charge is -2.13. The number of hydrogen-bond acceptors (Lipinski definition) is 3. The minimum atomic E-state index is -1.16. The van der Waals surface area contributed by atoms with E-state index in [9.17, 15) is 9.18 Å². The maximum atomic E-state index is 13.8. The second-order valence-corrected chi connectivity index (χ2v) is 4.21. The number of para-hydroxylation sites is 1. The first kappa shape index (κ1) is 13.2. The number of anilines is 3. The molecule has 0 saturated carbocycles. The van der Waals surface area contributed by atoms with Crippen LogP contribution in [0.15, 0.2) is 36.4 Å². The van der Waals surface area contributed by atoms with Gasteiger partial charge in [0.2, 0.25) is 0 Å². The van der Waals surface area contributed by atoms with Crippen LogP contribution in [0.1, 0.15) is 10.4 Å². The van der Waals surface area contributed by atoms with Gasteiger partial charge in [-0.05, 0) is 24.3 Å². The van der Waals surface area contributed by atoms with Crippen LogP contribution in [0.4, 0.5) is 21.5 Å². The Bertz CT molecular complexity index is 647. The quantitative estimate of drug-likeness (QED) is 0.752. The number of benzene rings is 2. The molecule has 0 atom stereocenters. The first-order valence-corrected chi connectivity index (χ1v) is 5.71. The normalized spacial score (nSPS) is 10.2. The number of nitrogen functional groups attached to an aromatic ring is 1. The van der Waals surface area contributed by atoms with Gasteiger partial charge < -0.3 is 16.2 Å². The second-order valence-electron chi connectivity index (χ2n) is 3.80. The monoisotopic (exact) mass is 280 g/mol. The van der Waals surface area contributed by atoms with E-state index in [1.54, 1.807) is 6.07 Å². The smallest absolute Gasteiger partial charge is 0.337 e. The van der Waals surface area contributed by atoms with Crippen molar-refractivity contribution in [2.75, 3.05) is 11.1 Å². The van der Waals surface area contributed by atoms with Crippen LogP contribution in [0.3, 0.4) is 0 Å². The summed E-state index contributed by atoms with van der Waals surface area (Å²) >= 11 is 5.66. The minimum Gasteiger partial charge on any atom is -0.478 e. The zero-order valence-corrected chi connectivity index (χ0v) is 10.4. The molecule has 2 aromatic carbocycles. The van der Waals surface area contributed by atoms with E-state index in [1.807, 2.05) is 0 Å². The maximum Gasteiger partial charge on any atom is 0.337 e. The van der Waals surface area contributed by atoms with Gasteiger partial charge in [0.05, 0.1) is 27.6 Å². The van der Waals surface area contributed by atoms with Crippen molar-refractivity contribution in [2.45, 2.75) is 0 Å². The average Bonchev–Trinajstić information content (AvgIpc) is 2.36. The molecule has 0 spiro atoms. The number of nitrogens with two attached hydrogens (primary N) is 1. The molecule has 2 aromatic rings. The van der Waals surface area contributed by atoms with Crippen molar-refractivity contribution >= 4 is 34.6 Å². The lowest BCUT2D eigenvalue weighted by molar-refractivity contribution is 0.0698. The highest BCUT2D eigenvalue weighted by molar-refractivity contribution is 6.31. The number of hydrogen-bond donors (Lipinski definition) is 3. The molecular formula is C13H10ClFN2O2. The Balaban J connectivity index is 2.49. The van der Waals surface area contributed by atoms with E-state index in [0.29, 0.717) is 0 Å². The highest BCUT2D eigenvalue weighted by Crippen LogP contribution is 2.30. The van der Waals surface area contributed by atoms with E-state index in [4.69, 9.17) is 22.4 Å². The molecule has 19 heavy (non-hydrogen) atoms. The molecule has 98 valence electrons. The Kier molecular flexibility index (Phi) is 3.57. The first-order chi connectivity index (χ1) is 9.00. The van der Waals surface area contributed by atoms with E-state index in [1.165, 1.54) is 30.3 Å². The van der Waals surface area contributed by atoms with Gasteiger partial charge in [0, 0.05) is 0 Å². The summed E-state index contributed by atoms with van der Waals surface area (Å²) in [6, 6.07) is 8.81. The van der Waals surface area contributed by atoms with Gasteiger partial charge in [0.1, 0.15) is 0 Å². The number of nitrogens with one attached hydrogen (secondary N) is 1. The summed E-state index contributed by atoms with van der Waals surface area (Å²) in [4.78, 5) is 11.1. The average molecular weight is 281 g/mol. The van der Waals surface area contributed by atoms with Gasteiger partial charge in [-0.25, -0.2) is 9.18 Å². The van der Waals surface area contributed by atoms with Crippen molar-refractivity contribution in [3.05, 3.63) is 52.8 Å². The standard InChI is InChI=1S/C13H10ClFN2O2/c14-8-4-2-6-10(11(8)15)17-12-7(13(18)19)3-1-5-9(12)16/h1-6,17H,16H2,(H,18,19). The zero-order valence-electron chi connectivity index (χ0n) is 9.65. The number of aromatic carboxylic acids is 1. The fourth-order valence-corrected chi connectivity index (χ4v) is 1.80. The molecule has 0 amide bonds. The van der Waals surface area contributed by atoms with Gasteiger partial charge in [-0.1, -0.05) is 23.7 Å². The molecule has 0 saturated heterocycles. The molecule has 0 unspecified atom stereocenters. The molecule has 0 aliphatic rings. The van der Waals surface area contributed by atoms with E-state index in [-0.39, 0.29) is 27.6 Å². The summed E-state index contributed by atoms with van der Waals surface area (Å²) in [7, 11) is 0. The molecule has 4 nitrogen and oxygen atoms in total. The largest absolute Gasteiger partial charge is 0.478 e. The number of carbonyl (C=O) groups is 1. The Morgan fingerprint density at radius 2 is 1.95 bits per heavy atom. The van der Waals surface area contributed by atoms with Crippen LogP contribution < -0.4 is 11.1 Å². The topological polar surface area (TPSA) is 75.4 Å². The number of carboxylic acid groups (broad SMARTS) is 1. The van der Waals surface area contributed by atoms with E-state index in [2.05, 4.69) is 5.32 Å². The molecule has 6 heteroatoms. The Hall–Kier alpha value is -2.27. The second kappa shape index (κ2) is 5.16. The number of halogens is 2. The molecule has 0 heterocycles. The van der Waals surface area contributed by atoms with Crippen molar-refractivity contribution in [2.24, 2.45) is 0 Å². The summed E-state index contributed by atoms with van der Waals surface area (Å²) in [6.45, 7) is 0.